The van der Waals surface area contributed by atoms with Crippen molar-refractivity contribution in [2.75, 3.05) is 27.9 Å². The molecule has 0 aliphatic rings. The van der Waals surface area contributed by atoms with Gasteiger partial charge in [-0.1, -0.05) is 0 Å². The number of amides is 1. The molecule has 0 aromatic heterocycles. The molecule has 14 heavy (non-hydrogen) atoms. The molecule has 1 N–H and O–H groups in total. The van der Waals surface area contributed by atoms with Gasteiger partial charge < -0.3 is 18.6 Å². The maximum Gasteiger partial charge on any atom is 0.575 e. The molecule has 0 atom stereocenters. The van der Waals surface area contributed by atoms with Crippen LogP contribution in [-0.4, -0.2) is 48.0 Å². The molecule has 0 rings (SSSR count). The third-order valence-electron chi connectivity index (χ3n) is 1.65. The first-order chi connectivity index (χ1) is 6.52. The van der Waals surface area contributed by atoms with Crippen molar-refractivity contribution in [3.05, 3.63) is 0 Å². The van der Waals surface area contributed by atoms with Crippen LogP contribution in [-0.2, 0) is 22.9 Å². The zero-order chi connectivity index (χ0) is 11.2. The molecule has 1 amide bonds. The lowest BCUT2D eigenvalue weighted by Gasteiger charge is -2.22. The first-order valence-electron chi connectivity index (χ1n) is 3.95. The van der Waals surface area contributed by atoms with Gasteiger partial charge in [0.25, 0.3) is 0 Å². The van der Waals surface area contributed by atoms with Crippen LogP contribution in [0.5, 0.6) is 0 Å². The molecular weight excluding hydrogens is 206 g/mol. The SMILES string of the molecule is CO[Si](OC)(OC)C(=O)CNC(C)=O. The van der Waals surface area contributed by atoms with Crippen LogP contribution in [0.2, 0.25) is 0 Å². The largest absolute Gasteiger partial charge is 0.575 e. The van der Waals surface area contributed by atoms with Crippen LogP contribution >= 0.6 is 0 Å². The fourth-order valence-corrected chi connectivity index (χ4v) is 2.39. The number of carbonyl (C=O) groups excluding carboxylic acids is 2. The summed E-state index contributed by atoms with van der Waals surface area (Å²) < 4.78 is 14.8. The van der Waals surface area contributed by atoms with Gasteiger partial charge in [-0.15, -0.1) is 0 Å². The van der Waals surface area contributed by atoms with Gasteiger partial charge in [0, 0.05) is 28.3 Å². The minimum absolute atomic E-state index is 0.142. The van der Waals surface area contributed by atoms with Crippen LogP contribution in [0.4, 0.5) is 0 Å². The summed E-state index contributed by atoms with van der Waals surface area (Å²) in [6.45, 7) is 1.18. The molecule has 7 heteroatoms. The third-order valence-corrected chi connectivity index (χ3v) is 4.12. The van der Waals surface area contributed by atoms with E-state index in [1.165, 1.54) is 28.3 Å². The molecule has 0 saturated heterocycles. The highest BCUT2D eigenvalue weighted by molar-refractivity contribution is 6.92. The van der Waals surface area contributed by atoms with Crippen LogP contribution in [0, 0.1) is 0 Å². The smallest absolute Gasteiger partial charge is 0.372 e. The molecule has 0 unspecified atom stereocenters. The molecule has 0 spiro atoms. The van der Waals surface area contributed by atoms with Crippen molar-refractivity contribution >= 4 is 20.1 Å². The topological polar surface area (TPSA) is 73.9 Å². The minimum Gasteiger partial charge on any atom is -0.372 e. The number of rotatable bonds is 6. The highest BCUT2D eigenvalue weighted by Gasteiger charge is 2.47. The Morgan fingerprint density at radius 2 is 1.57 bits per heavy atom. The molecule has 0 aliphatic heterocycles. The molecule has 0 saturated carbocycles. The van der Waals surface area contributed by atoms with E-state index in [0.717, 1.165) is 0 Å². The number of hydrogen-bond acceptors (Lipinski definition) is 5. The van der Waals surface area contributed by atoms with Gasteiger partial charge in [0.05, 0.1) is 6.54 Å². The lowest BCUT2D eigenvalue weighted by molar-refractivity contribution is -0.123. The lowest BCUT2D eigenvalue weighted by atomic mass is 10.6. The highest BCUT2D eigenvalue weighted by Crippen LogP contribution is 2.06. The molecule has 82 valence electrons. The summed E-state index contributed by atoms with van der Waals surface area (Å²) >= 11 is 0. The van der Waals surface area contributed by atoms with Crippen molar-refractivity contribution in [3.63, 3.8) is 0 Å². The molecule has 6 nitrogen and oxygen atoms in total. The van der Waals surface area contributed by atoms with Crippen LogP contribution in [0.1, 0.15) is 6.92 Å². The average Bonchev–Trinajstić information content (AvgIpc) is 2.18. The van der Waals surface area contributed by atoms with E-state index in [4.69, 9.17) is 13.3 Å². The Labute approximate surface area is 83.9 Å². The normalized spacial score (nSPS) is 11.1. The zero-order valence-electron chi connectivity index (χ0n) is 8.75. The van der Waals surface area contributed by atoms with Crippen molar-refractivity contribution in [1.29, 1.82) is 0 Å². The summed E-state index contributed by atoms with van der Waals surface area (Å²) in [5.74, 6) is -0.287. The van der Waals surface area contributed by atoms with E-state index >= 15 is 0 Å². The van der Waals surface area contributed by atoms with Crippen molar-refractivity contribution in [3.8, 4) is 0 Å². The number of hydrogen-bond donors (Lipinski definition) is 1. The Morgan fingerprint density at radius 3 is 1.86 bits per heavy atom. The molecule has 0 aliphatic carbocycles. The third kappa shape index (κ3) is 3.18. The molecular formula is C7H15NO5Si. The van der Waals surface area contributed by atoms with Crippen molar-refractivity contribution < 1.29 is 22.9 Å². The maximum atomic E-state index is 11.5. The second kappa shape index (κ2) is 5.86. The summed E-state index contributed by atoms with van der Waals surface area (Å²) in [5, 5.41) is 1.98. The number of nitrogens with one attached hydrogen (secondary N) is 1. The lowest BCUT2D eigenvalue weighted by Crippen LogP contribution is -2.55. The second-order valence-electron chi connectivity index (χ2n) is 2.50. The Bertz CT molecular complexity index is 208. The minimum atomic E-state index is -3.24. The zero-order valence-corrected chi connectivity index (χ0v) is 9.75. The highest BCUT2D eigenvalue weighted by atomic mass is 28.4. The predicted octanol–water partition coefficient (Wildman–Crippen LogP) is -0.891. The summed E-state index contributed by atoms with van der Waals surface area (Å²) in [6.07, 6.45) is 0. The second-order valence-corrected chi connectivity index (χ2v) is 5.40. The Kier molecular flexibility index (Phi) is 5.54. The van der Waals surface area contributed by atoms with Gasteiger partial charge in [0.15, 0.2) is 0 Å². The Hall–Kier alpha value is -0.763. The standard InChI is InChI=1S/C7H15NO5Si/c1-6(9)8-5-7(10)14(11-2,12-3)13-4/h5H2,1-4H3,(H,8,9). The monoisotopic (exact) mass is 221 g/mol. The van der Waals surface area contributed by atoms with Gasteiger partial charge in [-0.05, 0) is 0 Å². The molecule has 0 aromatic carbocycles. The quantitative estimate of drug-likeness (QED) is 0.589. The molecule has 0 fully saturated rings. The Morgan fingerprint density at radius 1 is 1.14 bits per heavy atom. The van der Waals surface area contributed by atoms with Crippen LogP contribution in [0.3, 0.4) is 0 Å². The van der Waals surface area contributed by atoms with Gasteiger partial charge in [0.2, 0.25) is 11.3 Å². The first-order valence-corrected chi connectivity index (χ1v) is 5.68. The predicted molar refractivity (Wildman–Crippen MR) is 50.5 cm³/mol. The van der Waals surface area contributed by atoms with E-state index in [9.17, 15) is 9.59 Å². The summed E-state index contributed by atoms with van der Waals surface area (Å²) in [7, 11) is 0.773. The van der Waals surface area contributed by atoms with Crippen molar-refractivity contribution in [2.24, 2.45) is 0 Å². The van der Waals surface area contributed by atoms with E-state index in [0.29, 0.717) is 0 Å². The average molecular weight is 221 g/mol. The van der Waals surface area contributed by atoms with E-state index in [1.807, 2.05) is 0 Å². The summed E-state index contributed by atoms with van der Waals surface area (Å²) in [4.78, 5) is 22.1. The van der Waals surface area contributed by atoms with Crippen molar-refractivity contribution in [1.82, 2.24) is 5.32 Å². The van der Waals surface area contributed by atoms with E-state index in [-0.39, 0.29) is 17.9 Å². The van der Waals surface area contributed by atoms with Crippen LogP contribution in [0.15, 0.2) is 0 Å². The van der Waals surface area contributed by atoms with E-state index in [1.54, 1.807) is 0 Å². The molecule has 0 bridgehead atoms. The summed E-state index contributed by atoms with van der Waals surface area (Å²) in [5.41, 5.74) is 0. The van der Waals surface area contributed by atoms with E-state index < -0.39 is 8.80 Å². The van der Waals surface area contributed by atoms with E-state index in [2.05, 4.69) is 5.32 Å². The molecule has 0 heterocycles. The van der Waals surface area contributed by atoms with Gasteiger partial charge in [0.1, 0.15) is 0 Å². The van der Waals surface area contributed by atoms with Gasteiger partial charge in [-0.2, -0.15) is 0 Å². The van der Waals surface area contributed by atoms with Gasteiger partial charge >= 0.3 is 8.80 Å². The van der Waals surface area contributed by atoms with Crippen molar-refractivity contribution in [2.45, 2.75) is 6.92 Å². The molecule has 0 aromatic rings. The maximum absolute atomic E-state index is 11.5. The molecule has 0 radical (unpaired) electrons. The number of carbonyl (C=O) groups is 2. The van der Waals surface area contributed by atoms with Crippen LogP contribution in [0.25, 0.3) is 0 Å². The van der Waals surface area contributed by atoms with Gasteiger partial charge in [-0.3, -0.25) is 9.59 Å². The van der Waals surface area contributed by atoms with Gasteiger partial charge in [-0.25, -0.2) is 0 Å². The first kappa shape index (κ1) is 13.2. The van der Waals surface area contributed by atoms with Crippen LogP contribution < -0.4 is 5.32 Å². The summed E-state index contributed by atoms with van der Waals surface area (Å²) in [6, 6.07) is 0. The Balaban J connectivity index is 4.36. The fourth-order valence-electron chi connectivity index (χ4n) is 0.905. The fraction of sp³-hybridized carbons (Fsp3) is 0.714.